The molecular weight excluding hydrogens is 192 g/mol. The molecule has 3 heteroatoms. The maximum atomic E-state index is 11.7. The summed E-state index contributed by atoms with van der Waals surface area (Å²) in [6.07, 6.45) is 3.42. The van der Waals surface area contributed by atoms with Gasteiger partial charge in [0.15, 0.2) is 0 Å². The third-order valence-electron chi connectivity index (χ3n) is 2.58. The third kappa shape index (κ3) is 2.69. The SMILES string of the molecule is CC=C(C)C(O)(C(=O)OCC)C(C)=CC. The van der Waals surface area contributed by atoms with Gasteiger partial charge >= 0.3 is 5.97 Å². The van der Waals surface area contributed by atoms with Gasteiger partial charge in [0.2, 0.25) is 5.60 Å². The molecular formula is C12H20O3. The highest BCUT2D eigenvalue weighted by atomic mass is 16.5. The first-order valence-corrected chi connectivity index (χ1v) is 5.11. The van der Waals surface area contributed by atoms with Gasteiger partial charge in [-0.3, -0.25) is 0 Å². The predicted molar refractivity (Wildman–Crippen MR) is 60.4 cm³/mol. The highest BCUT2D eigenvalue weighted by Gasteiger charge is 2.40. The van der Waals surface area contributed by atoms with E-state index < -0.39 is 11.6 Å². The minimum absolute atomic E-state index is 0.259. The van der Waals surface area contributed by atoms with Crippen molar-refractivity contribution in [2.24, 2.45) is 0 Å². The smallest absolute Gasteiger partial charge is 0.346 e. The number of ether oxygens (including phenoxy) is 1. The molecule has 15 heavy (non-hydrogen) atoms. The molecule has 0 aliphatic heterocycles. The second-order valence-corrected chi connectivity index (χ2v) is 3.37. The summed E-state index contributed by atoms with van der Waals surface area (Å²) in [5.74, 6) is -0.615. The zero-order chi connectivity index (χ0) is 12.1. The van der Waals surface area contributed by atoms with Gasteiger partial charge < -0.3 is 9.84 Å². The third-order valence-corrected chi connectivity index (χ3v) is 2.58. The summed E-state index contributed by atoms with van der Waals surface area (Å²) in [7, 11) is 0. The molecule has 0 aromatic carbocycles. The van der Waals surface area contributed by atoms with Gasteiger partial charge in [-0.15, -0.1) is 0 Å². The van der Waals surface area contributed by atoms with Crippen LogP contribution >= 0.6 is 0 Å². The Kier molecular flexibility index (Phi) is 5.29. The van der Waals surface area contributed by atoms with Crippen LogP contribution in [-0.4, -0.2) is 23.3 Å². The van der Waals surface area contributed by atoms with Crippen molar-refractivity contribution in [1.82, 2.24) is 0 Å². The Morgan fingerprint density at radius 2 is 1.67 bits per heavy atom. The van der Waals surface area contributed by atoms with Crippen molar-refractivity contribution in [2.75, 3.05) is 6.61 Å². The average Bonchev–Trinajstić information content (AvgIpc) is 2.25. The van der Waals surface area contributed by atoms with E-state index in [1.807, 2.05) is 0 Å². The van der Waals surface area contributed by atoms with Crippen molar-refractivity contribution >= 4 is 5.97 Å². The van der Waals surface area contributed by atoms with Gasteiger partial charge in [-0.05, 0) is 45.8 Å². The number of esters is 1. The van der Waals surface area contributed by atoms with Crippen molar-refractivity contribution in [3.05, 3.63) is 23.3 Å². The van der Waals surface area contributed by atoms with Gasteiger partial charge in [-0.1, -0.05) is 12.2 Å². The van der Waals surface area contributed by atoms with E-state index in [4.69, 9.17) is 4.74 Å². The lowest BCUT2D eigenvalue weighted by Crippen LogP contribution is -2.42. The second kappa shape index (κ2) is 5.71. The Morgan fingerprint density at radius 1 is 1.27 bits per heavy atom. The van der Waals surface area contributed by atoms with Gasteiger partial charge in [0, 0.05) is 0 Å². The molecule has 0 aromatic heterocycles. The molecule has 1 N–H and O–H groups in total. The number of carbonyl (C=O) groups is 1. The average molecular weight is 212 g/mol. The van der Waals surface area contributed by atoms with Crippen LogP contribution in [0.15, 0.2) is 23.3 Å². The normalized spacial score (nSPS) is 17.2. The van der Waals surface area contributed by atoms with E-state index >= 15 is 0 Å². The molecule has 0 radical (unpaired) electrons. The van der Waals surface area contributed by atoms with Crippen LogP contribution in [0.25, 0.3) is 0 Å². The fraction of sp³-hybridized carbons (Fsp3) is 0.583. The molecule has 0 saturated heterocycles. The van der Waals surface area contributed by atoms with Crippen molar-refractivity contribution in [3.63, 3.8) is 0 Å². The molecule has 0 aliphatic carbocycles. The van der Waals surface area contributed by atoms with Crippen LogP contribution in [0.4, 0.5) is 0 Å². The maximum absolute atomic E-state index is 11.7. The van der Waals surface area contributed by atoms with Crippen molar-refractivity contribution in [1.29, 1.82) is 0 Å². The van der Waals surface area contributed by atoms with Crippen molar-refractivity contribution in [3.8, 4) is 0 Å². The zero-order valence-electron chi connectivity index (χ0n) is 10.1. The quantitative estimate of drug-likeness (QED) is 0.574. The van der Waals surface area contributed by atoms with E-state index in [1.54, 1.807) is 46.8 Å². The molecule has 0 aliphatic rings. The minimum Gasteiger partial charge on any atom is -0.463 e. The summed E-state index contributed by atoms with van der Waals surface area (Å²) in [6, 6.07) is 0. The van der Waals surface area contributed by atoms with E-state index in [0.717, 1.165) is 0 Å². The molecule has 0 bridgehead atoms. The van der Waals surface area contributed by atoms with E-state index in [-0.39, 0.29) is 6.61 Å². The number of rotatable bonds is 4. The molecule has 0 saturated carbocycles. The molecule has 0 amide bonds. The van der Waals surface area contributed by atoms with Crippen LogP contribution in [0.2, 0.25) is 0 Å². The molecule has 0 atom stereocenters. The molecule has 86 valence electrons. The molecule has 0 fully saturated rings. The second-order valence-electron chi connectivity index (χ2n) is 3.37. The van der Waals surface area contributed by atoms with Gasteiger partial charge in [-0.25, -0.2) is 4.79 Å². The molecule has 0 heterocycles. The number of carbonyl (C=O) groups excluding carboxylic acids is 1. The molecule has 0 spiro atoms. The van der Waals surface area contributed by atoms with Crippen LogP contribution < -0.4 is 0 Å². The van der Waals surface area contributed by atoms with Gasteiger partial charge in [-0.2, -0.15) is 0 Å². The fourth-order valence-corrected chi connectivity index (χ4v) is 1.29. The van der Waals surface area contributed by atoms with Crippen molar-refractivity contribution in [2.45, 2.75) is 40.2 Å². The number of aliphatic hydroxyl groups is 1. The molecule has 3 nitrogen and oxygen atoms in total. The van der Waals surface area contributed by atoms with Crippen LogP contribution in [-0.2, 0) is 9.53 Å². The zero-order valence-corrected chi connectivity index (χ0v) is 10.1. The summed E-state index contributed by atoms with van der Waals surface area (Å²) in [5.41, 5.74) is -0.451. The minimum atomic E-state index is -1.61. The van der Waals surface area contributed by atoms with Crippen LogP contribution in [0.5, 0.6) is 0 Å². The van der Waals surface area contributed by atoms with Gasteiger partial charge in [0.1, 0.15) is 0 Å². The van der Waals surface area contributed by atoms with E-state index in [1.165, 1.54) is 0 Å². The lowest BCUT2D eigenvalue weighted by Gasteiger charge is -2.27. The lowest BCUT2D eigenvalue weighted by molar-refractivity contribution is -0.157. The van der Waals surface area contributed by atoms with Gasteiger partial charge in [0.05, 0.1) is 6.61 Å². The first-order chi connectivity index (χ1) is 6.94. The Labute approximate surface area is 91.4 Å². The van der Waals surface area contributed by atoms with Gasteiger partial charge in [0.25, 0.3) is 0 Å². The summed E-state index contributed by atoms with van der Waals surface area (Å²) in [5, 5.41) is 10.3. The maximum Gasteiger partial charge on any atom is 0.346 e. The molecule has 0 aromatic rings. The van der Waals surface area contributed by atoms with Crippen LogP contribution in [0, 0.1) is 0 Å². The summed E-state index contributed by atoms with van der Waals surface area (Å²) < 4.78 is 4.88. The Morgan fingerprint density at radius 3 is 1.93 bits per heavy atom. The highest BCUT2D eigenvalue weighted by Crippen LogP contribution is 2.27. The summed E-state index contributed by atoms with van der Waals surface area (Å²) in [4.78, 5) is 11.7. The standard InChI is InChI=1S/C12H20O3/c1-6-9(4)12(14,10(5)7-2)11(13)15-8-3/h6-7,14H,8H2,1-5H3. The summed E-state index contributed by atoms with van der Waals surface area (Å²) >= 11 is 0. The van der Waals surface area contributed by atoms with E-state index in [9.17, 15) is 9.90 Å². The molecule has 0 unspecified atom stereocenters. The fourth-order valence-electron chi connectivity index (χ4n) is 1.29. The first kappa shape index (κ1) is 13.9. The van der Waals surface area contributed by atoms with Crippen LogP contribution in [0.1, 0.15) is 34.6 Å². The number of hydrogen-bond donors (Lipinski definition) is 1. The largest absolute Gasteiger partial charge is 0.463 e. The number of allylic oxidation sites excluding steroid dienone is 2. The summed E-state index contributed by atoms with van der Waals surface area (Å²) in [6.45, 7) is 8.96. The highest BCUT2D eigenvalue weighted by molar-refractivity contribution is 5.87. The predicted octanol–water partition coefficient (Wildman–Crippen LogP) is 2.21. The topological polar surface area (TPSA) is 46.5 Å². The Hall–Kier alpha value is -1.09. The monoisotopic (exact) mass is 212 g/mol. The molecule has 0 rings (SSSR count). The first-order valence-electron chi connectivity index (χ1n) is 5.11. The van der Waals surface area contributed by atoms with Crippen molar-refractivity contribution < 1.29 is 14.6 Å². The van der Waals surface area contributed by atoms with Crippen LogP contribution in [0.3, 0.4) is 0 Å². The number of hydrogen-bond acceptors (Lipinski definition) is 3. The van der Waals surface area contributed by atoms with E-state index in [0.29, 0.717) is 11.1 Å². The Balaban J connectivity index is 5.31. The Bertz CT molecular complexity index is 269. The lowest BCUT2D eigenvalue weighted by atomic mass is 9.87. The van der Waals surface area contributed by atoms with E-state index in [2.05, 4.69) is 0 Å².